The Hall–Kier alpha value is -0.610. The number of rotatable bonds is 4. The normalized spacial score (nSPS) is 20.9. The first-order valence-electron chi connectivity index (χ1n) is 5.33. The molecule has 0 bridgehead atoms. The van der Waals surface area contributed by atoms with Gasteiger partial charge in [-0.25, -0.2) is 5.01 Å². The second-order valence-electron chi connectivity index (χ2n) is 4.37. The maximum atomic E-state index is 11.6. The number of nitrogens with zero attached hydrogens (tertiary/aromatic N) is 2. The van der Waals surface area contributed by atoms with Crippen molar-refractivity contribution in [2.75, 3.05) is 19.6 Å². The molecule has 82 valence electrons. The highest BCUT2D eigenvalue weighted by Crippen LogP contribution is 2.16. The second-order valence-corrected chi connectivity index (χ2v) is 4.37. The van der Waals surface area contributed by atoms with Gasteiger partial charge in [-0.3, -0.25) is 9.80 Å². The minimum atomic E-state index is 0.235. The molecule has 1 saturated heterocycles. The molecular formula is C10H21N3O. The maximum absolute atomic E-state index is 11.6. The van der Waals surface area contributed by atoms with E-state index in [0.717, 1.165) is 13.1 Å². The van der Waals surface area contributed by atoms with E-state index in [-0.39, 0.29) is 11.9 Å². The summed E-state index contributed by atoms with van der Waals surface area (Å²) < 4.78 is 0. The summed E-state index contributed by atoms with van der Waals surface area (Å²) in [5, 5.41) is 3.96. The molecule has 14 heavy (non-hydrogen) atoms. The third-order valence-electron chi connectivity index (χ3n) is 2.54. The fourth-order valence-corrected chi connectivity index (χ4v) is 1.74. The molecule has 1 fully saturated rings. The summed E-state index contributed by atoms with van der Waals surface area (Å²) in [4.78, 5) is 11.6. The van der Waals surface area contributed by atoms with E-state index in [0.29, 0.717) is 18.9 Å². The van der Waals surface area contributed by atoms with E-state index in [4.69, 9.17) is 5.73 Å². The smallest absolute Gasteiger partial charge is 0.238 e. The van der Waals surface area contributed by atoms with E-state index in [1.54, 1.807) is 0 Å². The molecule has 0 saturated carbocycles. The Balaban J connectivity index is 2.61. The van der Waals surface area contributed by atoms with Crippen molar-refractivity contribution in [1.29, 1.82) is 0 Å². The fourth-order valence-electron chi connectivity index (χ4n) is 1.74. The molecule has 0 aliphatic carbocycles. The molecule has 1 atom stereocenters. The van der Waals surface area contributed by atoms with Crippen molar-refractivity contribution in [3.05, 3.63) is 0 Å². The minimum absolute atomic E-state index is 0.235. The van der Waals surface area contributed by atoms with Gasteiger partial charge in [-0.1, -0.05) is 13.8 Å². The number of carbonyl (C=O) groups is 1. The Morgan fingerprint density at radius 1 is 1.43 bits per heavy atom. The molecule has 1 unspecified atom stereocenters. The lowest BCUT2D eigenvalue weighted by atomic mass is 10.2. The zero-order valence-electron chi connectivity index (χ0n) is 9.36. The number of hydrazine groups is 1. The van der Waals surface area contributed by atoms with Crippen LogP contribution < -0.4 is 5.73 Å². The van der Waals surface area contributed by atoms with E-state index < -0.39 is 0 Å². The molecule has 0 aromatic heterocycles. The molecule has 0 radical (unpaired) electrons. The highest BCUT2D eigenvalue weighted by molar-refractivity contribution is 5.77. The zero-order chi connectivity index (χ0) is 10.7. The lowest BCUT2D eigenvalue weighted by Crippen LogP contribution is -2.48. The first kappa shape index (κ1) is 11.5. The van der Waals surface area contributed by atoms with Crippen molar-refractivity contribution in [1.82, 2.24) is 10.0 Å². The summed E-state index contributed by atoms with van der Waals surface area (Å²) in [6.45, 7) is 8.54. The second kappa shape index (κ2) is 4.75. The summed E-state index contributed by atoms with van der Waals surface area (Å²) in [6, 6.07) is 0.264. The standard InChI is InChI=1S/C10H21N3O/c1-8(2)7-13-10(14)4-5-12(13)9(3)6-11/h8-9H,4-7,11H2,1-3H3. The number of carbonyl (C=O) groups excluding carboxylic acids is 1. The van der Waals surface area contributed by atoms with Crippen LogP contribution in [0, 0.1) is 5.92 Å². The van der Waals surface area contributed by atoms with Crippen LogP contribution in [0.15, 0.2) is 0 Å². The molecule has 2 N–H and O–H groups in total. The summed E-state index contributed by atoms with van der Waals surface area (Å²) in [7, 11) is 0. The van der Waals surface area contributed by atoms with Crippen molar-refractivity contribution in [2.24, 2.45) is 11.7 Å². The predicted octanol–water partition coefficient (Wildman–Crippen LogP) is 0.439. The predicted molar refractivity (Wildman–Crippen MR) is 56.4 cm³/mol. The van der Waals surface area contributed by atoms with Gasteiger partial charge in [0.1, 0.15) is 0 Å². The van der Waals surface area contributed by atoms with Crippen LogP contribution >= 0.6 is 0 Å². The van der Waals surface area contributed by atoms with E-state index in [1.807, 2.05) is 5.01 Å². The van der Waals surface area contributed by atoms with Crippen molar-refractivity contribution in [2.45, 2.75) is 33.2 Å². The lowest BCUT2D eigenvalue weighted by molar-refractivity contribution is -0.141. The largest absolute Gasteiger partial charge is 0.329 e. The molecule has 0 aromatic carbocycles. The first-order valence-corrected chi connectivity index (χ1v) is 5.33. The molecule has 1 aliphatic rings. The van der Waals surface area contributed by atoms with Gasteiger partial charge in [0.05, 0.1) is 0 Å². The van der Waals surface area contributed by atoms with Crippen molar-refractivity contribution < 1.29 is 4.79 Å². The molecule has 4 heteroatoms. The van der Waals surface area contributed by atoms with Crippen LogP contribution in [-0.2, 0) is 4.79 Å². The third kappa shape index (κ3) is 2.45. The average molecular weight is 199 g/mol. The van der Waals surface area contributed by atoms with E-state index in [9.17, 15) is 4.79 Å². The van der Waals surface area contributed by atoms with Crippen LogP contribution in [0.3, 0.4) is 0 Å². The monoisotopic (exact) mass is 199 g/mol. The van der Waals surface area contributed by atoms with Gasteiger partial charge in [0.15, 0.2) is 0 Å². The van der Waals surface area contributed by atoms with Gasteiger partial charge in [0.2, 0.25) is 5.91 Å². The quantitative estimate of drug-likeness (QED) is 0.714. The van der Waals surface area contributed by atoms with Gasteiger partial charge in [-0.05, 0) is 12.8 Å². The minimum Gasteiger partial charge on any atom is -0.329 e. The van der Waals surface area contributed by atoms with Gasteiger partial charge < -0.3 is 5.73 Å². The summed E-state index contributed by atoms with van der Waals surface area (Å²) >= 11 is 0. The lowest BCUT2D eigenvalue weighted by Gasteiger charge is -2.33. The van der Waals surface area contributed by atoms with Crippen LogP contribution in [0.2, 0.25) is 0 Å². The van der Waals surface area contributed by atoms with Gasteiger partial charge in [0.25, 0.3) is 0 Å². The Kier molecular flexibility index (Phi) is 3.89. The number of hydrogen-bond acceptors (Lipinski definition) is 3. The summed E-state index contributed by atoms with van der Waals surface area (Å²) in [6.07, 6.45) is 0.636. The van der Waals surface area contributed by atoms with E-state index >= 15 is 0 Å². The number of nitrogens with two attached hydrogens (primary N) is 1. The molecular weight excluding hydrogens is 178 g/mol. The average Bonchev–Trinajstić information content (AvgIpc) is 2.46. The van der Waals surface area contributed by atoms with Gasteiger partial charge in [-0.15, -0.1) is 0 Å². The maximum Gasteiger partial charge on any atom is 0.238 e. The third-order valence-corrected chi connectivity index (χ3v) is 2.54. The molecule has 1 rings (SSSR count). The molecule has 0 aromatic rings. The van der Waals surface area contributed by atoms with Gasteiger partial charge in [-0.2, -0.15) is 0 Å². The van der Waals surface area contributed by atoms with Crippen molar-refractivity contribution in [3.63, 3.8) is 0 Å². The van der Waals surface area contributed by atoms with Crippen LogP contribution in [0.4, 0.5) is 0 Å². The molecule has 0 spiro atoms. The van der Waals surface area contributed by atoms with E-state index in [2.05, 4.69) is 25.8 Å². The Bertz CT molecular complexity index is 206. The zero-order valence-corrected chi connectivity index (χ0v) is 9.36. The first-order chi connectivity index (χ1) is 6.56. The van der Waals surface area contributed by atoms with E-state index in [1.165, 1.54) is 0 Å². The summed E-state index contributed by atoms with van der Waals surface area (Å²) in [5.41, 5.74) is 5.61. The van der Waals surface area contributed by atoms with Crippen LogP contribution in [0.1, 0.15) is 27.2 Å². The van der Waals surface area contributed by atoms with Crippen LogP contribution in [0.25, 0.3) is 0 Å². The molecule has 1 heterocycles. The van der Waals surface area contributed by atoms with Gasteiger partial charge >= 0.3 is 0 Å². The van der Waals surface area contributed by atoms with Crippen molar-refractivity contribution >= 4 is 5.91 Å². The fraction of sp³-hybridized carbons (Fsp3) is 0.900. The molecule has 4 nitrogen and oxygen atoms in total. The highest BCUT2D eigenvalue weighted by Gasteiger charge is 2.31. The van der Waals surface area contributed by atoms with Crippen LogP contribution in [0.5, 0.6) is 0 Å². The Morgan fingerprint density at radius 2 is 2.07 bits per heavy atom. The highest BCUT2D eigenvalue weighted by atomic mass is 16.2. The molecule has 1 amide bonds. The molecule has 1 aliphatic heterocycles. The Morgan fingerprint density at radius 3 is 2.57 bits per heavy atom. The van der Waals surface area contributed by atoms with Crippen molar-refractivity contribution in [3.8, 4) is 0 Å². The van der Waals surface area contributed by atoms with Gasteiger partial charge in [0, 0.05) is 32.1 Å². The van der Waals surface area contributed by atoms with Crippen LogP contribution in [-0.4, -0.2) is 41.6 Å². The number of amides is 1. The SMILES string of the molecule is CC(C)CN1C(=O)CCN1C(C)CN. The number of hydrogen-bond donors (Lipinski definition) is 1. The summed E-state index contributed by atoms with van der Waals surface area (Å²) in [5.74, 6) is 0.739. The Labute approximate surface area is 86.0 Å². The topological polar surface area (TPSA) is 49.6 Å².